The molecule has 2 fully saturated rings. The van der Waals surface area contributed by atoms with Crippen LogP contribution in [-0.4, -0.2) is 42.1 Å². The van der Waals surface area contributed by atoms with Gasteiger partial charge in [0.1, 0.15) is 5.75 Å². The maximum atomic E-state index is 12.5. The first kappa shape index (κ1) is 14.9. The summed E-state index contributed by atoms with van der Waals surface area (Å²) in [4.78, 5) is 25.6. The molecule has 1 amide bonds. The summed E-state index contributed by atoms with van der Waals surface area (Å²) < 4.78 is 5.27. The Morgan fingerprint density at radius 3 is 2.64 bits per heavy atom. The van der Waals surface area contributed by atoms with E-state index >= 15 is 0 Å². The number of methoxy groups -OCH3 is 1. The van der Waals surface area contributed by atoms with Crippen LogP contribution < -0.4 is 4.74 Å². The molecular weight excluding hydrogens is 282 g/mol. The van der Waals surface area contributed by atoms with Gasteiger partial charge in [0.05, 0.1) is 19.4 Å². The molecule has 1 aliphatic carbocycles. The molecule has 22 heavy (non-hydrogen) atoms. The summed E-state index contributed by atoms with van der Waals surface area (Å²) in [7, 11) is 1.59. The zero-order valence-corrected chi connectivity index (χ0v) is 12.7. The second kappa shape index (κ2) is 5.99. The maximum absolute atomic E-state index is 12.5. The van der Waals surface area contributed by atoms with Gasteiger partial charge >= 0.3 is 5.97 Å². The molecule has 5 heteroatoms. The molecule has 2 aliphatic rings. The van der Waals surface area contributed by atoms with Crippen molar-refractivity contribution in [2.75, 3.05) is 20.2 Å². The average Bonchev–Trinajstić information content (AvgIpc) is 3.25. The van der Waals surface area contributed by atoms with E-state index in [-0.39, 0.29) is 18.2 Å². The zero-order valence-electron chi connectivity index (χ0n) is 12.7. The number of hydrogen-bond donors (Lipinski definition) is 1. The lowest BCUT2D eigenvalue weighted by molar-refractivity contribution is -0.142. The van der Waals surface area contributed by atoms with Crippen LogP contribution in [0.4, 0.5) is 0 Å². The van der Waals surface area contributed by atoms with Gasteiger partial charge in [-0.05, 0) is 30.7 Å². The lowest BCUT2D eigenvalue weighted by Crippen LogP contribution is -2.31. The van der Waals surface area contributed by atoms with E-state index < -0.39 is 11.9 Å². The number of aliphatic carboxylic acids is 1. The second-order valence-electron chi connectivity index (χ2n) is 6.23. The summed E-state index contributed by atoms with van der Waals surface area (Å²) in [5, 5.41) is 9.37. The number of nitrogens with zero attached hydrogens (tertiary/aromatic N) is 1. The molecule has 1 N–H and O–H groups in total. The SMILES string of the molecule is COc1ccccc1CC(=O)N1C[C@H](C(=O)O)[C@@H](C2CC2)C1. The fraction of sp³-hybridized carbons (Fsp3) is 0.529. The Labute approximate surface area is 129 Å². The number of para-hydroxylation sites is 1. The first-order valence-electron chi connectivity index (χ1n) is 7.72. The van der Waals surface area contributed by atoms with Crippen molar-refractivity contribution in [1.29, 1.82) is 0 Å². The van der Waals surface area contributed by atoms with Crippen LogP contribution in [0.25, 0.3) is 0 Å². The van der Waals surface area contributed by atoms with Gasteiger partial charge in [-0.25, -0.2) is 0 Å². The Hall–Kier alpha value is -2.04. The summed E-state index contributed by atoms with van der Waals surface area (Å²) >= 11 is 0. The van der Waals surface area contributed by atoms with E-state index in [9.17, 15) is 14.7 Å². The molecule has 1 aliphatic heterocycles. The van der Waals surface area contributed by atoms with Gasteiger partial charge in [0, 0.05) is 18.7 Å². The molecule has 1 heterocycles. The molecule has 118 valence electrons. The Morgan fingerprint density at radius 2 is 2.00 bits per heavy atom. The van der Waals surface area contributed by atoms with Crippen molar-refractivity contribution in [2.45, 2.75) is 19.3 Å². The number of carboxylic acid groups (broad SMARTS) is 1. The van der Waals surface area contributed by atoms with E-state index in [0.717, 1.165) is 18.4 Å². The number of carboxylic acids is 1. The van der Waals surface area contributed by atoms with Gasteiger partial charge in [0.25, 0.3) is 0 Å². The highest BCUT2D eigenvalue weighted by molar-refractivity contribution is 5.81. The Kier molecular flexibility index (Phi) is 4.05. The van der Waals surface area contributed by atoms with Gasteiger partial charge in [-0.1, -0.05) is 18.2 Å². The van der Waals surface area contributed by atoms with Crippen LogP contribution in [0.15, 0.2) is 24.3 Å². The standard InChI is InChI=1S/C17H21NO4/c1-22-15-5-3-2-4-12(15)8-16(19)18-9-13(11-6-7-11)14(10-18)17(20)21/h2-5,11,13-14H,6-10H2,1H3,(H,20,21)/t13-,14+/m1/s1. The number of likely N-dealkylation sites (tertiary alicyclic amines) is 1. The van der Waals surface area contributed by atoms with E-state index in [0.29, 0.717) is 24.8 Å². The van der Waals surface area contributed by atoms with Crippen molar-refractivity contribution in [1.82, 2.24) is 4.90 Å². The molecule has 0 unspecified atom stereocenters. The fourth-order valence-corrected chi connectivity index (χ4v) is 3.42. The fourth-order valence-electron chi connectivity index (χ4n) is 3.42. The molecular formula is C17H21NO4. The molecule has 0 radical (unpaired) electrons. The molecule has 1 aromatic rings. The third-order valence-electron chi connectivity index (χ3n) is 4.80. The minimum atomic E-state index is -0.774. The predicted octanol–water partition coefficient (Wildman–Crippen LogP) is 1.81. The first-order valence-corrected chi connectivity index (χ1v) is 7.72. The van der Waals surface area contributed by atoms with Crippen LogP contribution in [0, 0.1) is 17.8 Å². The summed E-state index contributed by atoms with van der Waals surface area (Å²) in [5.41, 5.74) is 0.844. The van der Waals surface area contributed by atoms with E-state index in [1.807, 2.05) is 24.3 Å². The monoisotopic (exact) mass is 303 g/mol. The maximum Gasteiger partial charge on any atom is 0.308 e. The molecule has 0 spiro atoms. The molecule has 1 aromatic carbocycles. The topological polar surface area (TPSA) is 66.8 Å². The quantitative estimate of drug-likeness (QED) is 0.901. The smallest absolute Gasteiger partial charge is 0.308 e. The van der Waals surface area contributed by atoms with Crippen LogP contribution >= 0.6 is 0 Å². The molecule has 0 bridgehead atoms. The Morgan fingerprint density at radius 1 is 1.27 bits per heavy atom. The minimum absolute atomic E-state index is 0.0149. The van der Waals surface area contributed by atoms with Crippen molar-refractivity contribution >= 4 is 11.9 Å². The van der Waals surface area contributed by atoms with Crippen LogP contribution in [-0.2, 0) is 16.0 Å². The van der Waals surface area contributed by atoms with E-state index in [2.05, 4.69) is 0 Å². The van der Waals surface area contributed by atoms with Crippen LogP contribution in [0.1, 0.15) is 18.4 Å². The largest absolute Gasteiger partial charge is 0.496 e. The Balaban J connectivity index is 1.69. The van der Waals surface area contributed by atoms with E-state index in [1.54, 1.807) is 12.0 Å². The number of hydrogen-bond acceptors (Lipinski definition) is 3. The molecule has 1 saturated carbocycles. The molecule has 2 atom stereocenters. The summed E-state index contributed by atoms with van der Waals surface area (Å²) in [5.74, 6) is 0.116. The van der Waals surface area contributed by atoms with Gasteiger partial charge in [-0.3, -0.25) is 9.59 Å². The normalized spacial score (nSPS) is 24.3. The molecule has 3 rings (SSSR count). The highest BCUT2D eigenvalue weighted by Crippen LogP contribution is 2.44. The third kappa shape index (κ3) is 2.93. The number of carbonyl (C=O) groups excluding carboxylic acids is 1. The van der Waals surface area contributed by atoms with Crippen molar-refractivity contribution in [3.05, 3.63) is 29.8 Å². The average molecular weight is 303 g/mol. The first-order chi connectivity index (χ1) is 10.6. The summed E-state index contributed by atoms with van der Waals surface area (Å²) in [6.45, 7) is 0.917. The van der Waals surface area contributed by atoms with Gasteiger partial charge in [-0.15, -0.1) is 0 Å². The molecule has 1 saturated heterocycles. The van der Waals surface area contributed by atoms with E-state index in [1.165, 1.54) is 0 Å². The van der Waals surface area contributed by atoms with Gasteiger partial charge in [-0.2, -0.15) is 0 Å². The highest BCUT2D eigenvalue weighted by atomic mass is 16.5. The van der Waals surface area contributed by atoms with Gasteiger partial charge in [0.15, 0.2) is 0 Å². The number of carbonyl (C=O) groups is 2. The highest BCUT2D eigenvalue weighted by Gasteiger charge is 2.46. The summed E-state index contributed by atoms with van der Waals surface area (Å²) in [6, 6.07) is 7.45. The Bertz CT molecular complexity index is 582. The van der Waals surface area contributed by atoms with Crippen LogP contribution in [0.5, 0.6) is 5.75 Å². The number of rotatable bonds is 5. The lowest BCUT2D eigenvalue weighted by Gasteiger charge is -2.17. The minimum Gasteiger partial charge on any atom is -0.496 e. The lowest BCUT2D eigenvalue weighted by atomic mass is 9.92. The molecule has 0 aromatic heterocycles. The molecule has 5 nitrogen and oxygen atoms in total. The predicted molar refractivity (Wildman–Crippen MR) is 80.6 cm³/mol. The van der Waals surface area contributed by atoms with Crippen molar-refractivity contribution < 1.29 is 19.4 Å². The zero-order chi connectivity index (χ0) is 15.7. The third-order valence-corrected chi connectivity index (χ3v) is 4.80. The summed E-state index contributed by atoms with van der Waals surface area (Å²) in [6.07, 6.45) is 2.46. The van der Waals surface area contributed by atoms with Gasteiger partial charge in [0.2, 0.25) is 5.91 Å². The van der Waals surface area contributed by atoms with Crippen molar-refractivity contribution in [2.24, 2.45) is 17.8 Å². The number of benzene rings is 1. The van der Waals surface area contributed by atoms with Crippen molar-refractivity contribution in [3.8, 4) is 5.75 Å². The van der Waals surface area contributed by atoms with E-state index in [4.69, 9.17) is 4.74 Å². The van der Waals surface area contributed by atoms with Crippen molar-refractivity contribution in [3.63, 3.8) is 0 Å². The van der Waals surface area contributed by atoms with Gasteiger partial charge < -0.3 is 14.7 Å². The number of amides is 1. The number of ether oxygens (including phenoxy) is 1. The van der Waals surface area contributed by atoms with Crippen LogP contribution in [0.3, 0.4) is 0 Å². The van der Waals surface area contributed by atoms with Crippen LogP contribution in [0.2, 0.25) is 0 Å². The second-order valence-corrected chi connectivity index (χ2v) is 6.23.